The van der Waals surface area contributed by atoms with Gasteiger partial charge in [-0.1, -0.05) is 0 Å². The second-order valence-corrected chi connectivity index (χ2v) is 4.78. The van der Waals surface area contributed by atoms with E-state index in [-0.39, 0.29) is 12.0 Å². The molecule has 0 spiro atoms. The number of hydrogen-bond acceptors (Lipinski definition) is 4. The summed E-state index contributed by atoms with van der Waals surface area (Å²) >= 11 is 1.60. The molecule has 0 radical (unpaired) electrons. The molecule has 0 aliphatic heterocycles. The van der Waals surface area contributed by atoms with Gasteiger partial charge in [-0.3, -0.25) is 4.79 Å². The molecule has 1 aromatic rings. The van der Waals surface area contributed by atoms with Gasteiger partial charge in [-0.15, -0.1) is 11.3 Å². The van der Waals surface area contributed by atoms with Crippen molar-refractivity contribution in [1.29, 1.82) is 0 Å². The molecule has 2 N–H and O–H groups in total. The maximum atomic E-state index is 10.3. The van der Waals surface area contributed by atoms with E-state index in [2.05, 4.69) is 10.3 Å². The van der Waals surface area contributed by atoms with Crippen LogP contribution in [0.1, 0.15) is 31.7 Å². The van der Waals surface area contributed by atoms with Crippen molar-refractivity contribution in [2.45, 2.75) is 32.2 Å². The van der Waals surface area contributed by atoms with Crippen LogP contribution >= 0.6 is 11.3 Å². The van der Waals surface area contributed by atoms with Crippen molar-refractivity contribution in [3.8, 4) is 0 Å². The van der Waals surface area contributed by atoms with E-state index in [0.717, 1.165) is 5.01 Å². The molecule has 0 unspecified atom stereocenters. The van der Waals surface area contributed by atoms with Crippen molar-refractivity contribution < 1.29 is 9.90 Å². The van der Waals surface area contributed by atoms with Crippen molar-refractivity contribution in [1.82, 2.24) is 10.3 Å². The summed E-state index contributed by atoms with van der Waals surface area (Å²) in [6.07, 6.45) is 2.63. The average Bonchev–Trinajstić information content (AvgIpc) is 2.65. The highest BCUT2D eigenvalue weighted by Crippen LogP contribution is 2.21. The third kappa shape index (κ3) is 3.97. The van der Waals surface area contributed by atoms with Crippen molar-refractivity contribution in [2.75, 3.05) is 6.54 Å². The standard InChI is InChI=1S/C10H16N2O2S/c1-10(2,9-11-6-7-15-9)12-5-3-4-8(13)14/h6-7,12H,3-5H2,1-2H3,(H,13,14). The number of nitrogens with zero attached hydrogens (tertiary/aromatic N) is 1. The SMILES string of the molecule is CC(C)(NCCCC(=O)O)c1nccs1. The summed E-state index contributed by atoms with van der Waals surface area (Å²) in [6, 6.07) is 0. The molecule has 1 aromatic heterocycles. The summed E-state index contributed by atoms with van der Waals surface area (Å²) in [5, 5.41) is 14.8. The molecule has 5 heteroatoms. The molecule has 15 heavy (non-hydrogen) atoms. The minimum atomic E-state index is -0.746. The highest BCUT2D eigenvalue weighted by Gasteiger charge is 2.21. The summed E-state index contributed by atoms with van der Waals surface area (Å²) in [7, 11) is 0. The lowest BCUT2D eigenvalue weighted by atomic mass is 10.1. The van der Waals surface area contributed by atoms with Gasteiger partial charge < -0.3 is 10.4 Å². The Bertz CT molecular complexity index is 309. The van der Waals surface area contributed by atoms with Gasteiger partial charge in [0.1, 0.15) is 5.01 Å². The monoisotopic (exact) mass is 228 g/mol. The second kappa shape index (κ2) is 5.23. The van der Waals surface area contributed by atoms with Crippen molar-refractivity contribution in [3.63, 3.8) is 0 Å². The van der Waals surface area contributed by atoms with E-state index in [1.165, 1.54) is 0 Å². The zero-order valence-corrected chi connectivity index (χ0v) is 9.80. The minimum Gasteiger partial charge on any atom is -0.481 e. The van der Waals surface area contributed by atoms with Crippen LogP contribution in [0.4, 0.5) is 0 Å². The minimum absolute atomic E-state index is 0.174. The number of carbonyl (C=O) groups is 1. The molecule has 4 nitrogen and oxygen atoms in total. The first-order valence-electron chi connectivity index (χ1n) is 4.89. The van der Waals surface area contributed by atoms with Crippen LogP contribution in [0.5, 0.6) is 0 Å². The molecule has 0 bridgehead atoms. The van der Waals surface area contributed by atoms with Crippen LogP contribution in [-0.4, -0.2) is 22.6 Å². The van der Waals surface area contributed by atoms with E-state index in [4.69, 9.17) is 5.11 Å². The third-order valence-corrected chi connectivity index (χ3v) is 3.20. The van der Waals surface area contributed by atoms with Crippen LogP contribution in [-0.2, 0) is 10.3 Å². The second-order valence-electron chi connectivity index (χ2n) is 3.89. The van der Waals surface area contributed by atoms with Gasteiger partial charge in [0.15, 0.2) is 0 Å². The van der Waals surface area contributed by atoms with Crippen LogP contribution < -0.4 is 5.32 Å². The lowest BCUT2D eigenvalue weighted by Crippen LogP contribution is -2.37. The number of thiazole rings is 1. The topological polar surface area (TPSA) is 62.2 Å². The zero-order chi connectivity index (χ0) is 11.3. The van der Waals surface area contributed by atoms with E-state index in [1.807, 2.05) is 19.2 Å². The van der Waals surface area contributed by atoms with E-state index in [1.54, 1.807) is 17.5 Å². The fourth-order valence-electron chi connectivity index (χ4n) is 1.25. The number of aromatic nitrogens is 1. The number of carboxylic acids is 1. The van der Waals surface area contributed by atoms with Gasteiger partial charge in [0, 0.05) is 18.0 Å². The summed E-state index contributed by atoms with van der Waals surface area (Å²) < 4.78 is 0. The number of carboxylic acid groups (broad SMARTS) is 1. The fraction of sp³-hybridized carbons (Fsp3) is 0.600. The van der Waals surface area contributed by atoms with Crippen LogP contribution in [0, 0.1) is 0 Å². The van der Waals surface area contributed by atoms with Gasteiger partial charge in [-0.05, 0) is 26.8 Å². The van der Waals surface area contributed by atoms with Crippen molar-refractivity contribution >= 4 is 17.3 Å². The predicted octanol–water partition coefficient (Wildman–Crippen LogP) is 1.83. The van der Waals surface area contributed by atoms with Gasteiger partial charge in [0.05, 0.1) is 5.54 Å². The average molecular weight is 228 g/mol. The van der Waals surface area contributed by atoms with Gasteiger partial charge in [0.25, 0.3) is 0 Å². The molecule has 0 saturated carbocycles. The summed E-state index contributed by atoms with van der Waals surface area (Å²) in [4.78, 5) is 14.6. The van der Waals surface area contributed by atoms with Crippen LogP contribution in [0.25, 0.3) is 0 Å². The van der Waals surface area contributed by atoms with Crippen LogP contribution in [0.2, 0.25) is 0 Å². The smallest absolute Gasteiger partial charge is 0.303 e. The Morgan fingerprint density at radius 1 is 1.67 bits per heavy atom. The van der Waals surface area contributed by atoms with Crippen molar-refractivity contribution in [2.24, 2.45) is 0 Å². The number of nitrogens with one attached hydrogen (secondary N) is 1. The summed E-state index contributed by atoms with van der Waals surface area (Å²) in [6.45, 7) is 4.79. The van der Waals surface area contributed by atoms with Gasteiger partial charge in [-0.25, -0.2) is 4.98 Å². The Hall–Kier alpha value is -0.940. The molecule has 0 amide bonds. The Kier molecular flexibility index (Phi) is 4.23. The van der Waals surface area contributed by atoms with E-state index in [0.29, 0.717) is 13.0 Å². The van der Waals surface area contributed by atoms with Crippen LogP contribution in [0.3, 0.4) is 0 Å². The first kappa shape index (κ1) is 12.1. The van der Waals surface area contributed by atoms with Gasteiger partial charge in [0.2, 0.25) is 0 Å². The highest BCUT2D eigenvalue weighted by molar-refractivity contribution is 7.09. The lowest BCUT2D eigenvalue weighted by Gasteiger charge is -2.23. The van der Waals surface area contributed by atoms with E-state index >= 15 is 0 Å². The Morgan fingerprint density at radius 3 is 2.93 bits per heavy atom. The van der Waals surface area contributed by atoms with E-state index < -0.39 is 5.97 Å². The first-order valence-corrected chi connectivity index (χ1v) is 5.77. The van der Waals surface area contributed by atoms with Gasteiger partial charge >= 0.3 is 5.97 Å². The van der Waals surface area contributed by atoms with E-state index in [9.17, 15) is 4.79 Å². The third-order valence-electron chi connectivity index (χ3n) is 2.10. The lowest BCUT2D eigenvalue weighted by molar-refractivity contribution is -0.137. The predicted molar refractivity (Wildman–Crippen MR) is 60.0 cm³/mol. The Labute approximate surface area is 93.4 Å². The maximum Gasteiger partial charge on any atom is 0.303 e. The maximum absolute atomic E-state index is 10.3. The first-order chi connectivity index (χ1) is 7.02. The molecule has 0 aliphatic rings. The molecular formula is C10H16N2O2S. The number of rotatable bonds is 6. The number of hydrogen-bond donors (Lipinski definition) is 2. The molecule has 0 atom stereocenters. The molecule has 0 aliphatic carbocycles. The molecule has 1 heterocycles. The quantitative estimate of drug-likeness (QED) is 0.729. The molecule has 84 valence electrons. The molecule has 0 fully saturated rings. The normalized spacial score (nSPS) is 11.6. The Balaban J connectivity index is 2.34. The Morgan fingerprint density at radius 2 is 2.40 bits per heavy atom. The largest absolute Gasteiger partial charge is 0.481 e. The number of aliphatic carboxylic acids is 1. The molecule has 1 rings (SSSR count). The molecule has 0 saturated heterocycles. The fourth-order valence-corrected chi connectivity index (χ4v) is 1.99. The van der Waals surface area contributed by atoms with Gasteiger partial charge in [-0.2, -0.15) is 0 Å². The molecular weight excluding hydrogens is 212 g/mol. The highest BCUT2D eigenvalue weighted by atomic mass is 32.1. The summed E-state index contributed by atoms with van der Waals surface area (Å²) in [5.41, 5.74) is -0.174. The molecule has 0 aromatic carbocycles. The summed E-state index contributed by atoms with van der Waals surface area (Å²) in [5.74, 6) is -0.746. The van der Waals surface area contributed by atoms with Crippen LogP contribution in [0.15, 0.2) is 11.6 Å². The zero-order valence-electron chi connectivity index (χ0n) is 8.99. The van der Waals surface area contributed by atoms with Crippen molar-refractivity contribution in [3.05, 3.63) is 16.6 Å².